The van der Waals surface area contributed by atoms with Crippen molar-refractivity contribution in [2.24, 2.45) is 0 Å². The molecule has 0 bridgehead atoms. The number of aryl methyl sites for hydroxylation is 1. The fourth-order valence-corrected chi connectivity index (χ4v) is 5.79. The molecule has 0 fully saturated rings. The Labute approximate surface area is 224 Å². The van der Waals surface area contributed by atoms with Crippen molar-refractivity contribution in [3.05, 3.63) is 69.7 Å². The normalized spacial score (nSPS) is 13.4. The Morgan fingerprint density at radius 1 is 1.24 bits per heavy atom. The number of carboxylic acids is 1. The number of hydrogen-bond donors (Lipinski definition) is 1. The van der Waals surface area contributed by atoms with E-state index in [4.69, 9.17) is 33.0 Å². The van der Waals surface area contributed by atoms with Crippen LogP contribution in [0.1, 0.15) is 38.3 Å². The van der Waals surface area contributed by atoms with E-state index in [-0.39, 0.29) is 29.6 Å². The largest absolute Gasteiger partial charge is 0.489 e. The van der Waals surface area contributed by atoms with E-state index in [9.17, 15) is 17.6 Å². The quantitative estimate of drug-likeness (QED) is 0.366. The molecule has 0 spiro atoms. The molecule has 3 aromatic rings. The van der Waals surface area contributed by atoms with Crippen molar-refractivity contribution in [2.75, 3.05) is 17.5 Å². The standard InChI is InChI=1S/C22H20Cl2FN3O3S.C3H6O2/c1-3-27-13-20(22(24)26-27)32(29,30)28-9-10-31-19-8-7-15(12-18(19)28)11-14(2)21-16(23)5-4-6-17(21)25;1-2-3(4)5/h4-8,11-13H,3,9-10H2,1-2H3;2H2,1H3,(H,4,5)/b14-11+;. The molecule has 37 heavy (non-hydrogen) atoms. The SMILES string of the molecule is CCC(=O)O.CCn1cc(S(=O)(=O)N2CCOc3ccc(/C=C(\C)c4c(F)cccc4Cl)cc32)c(Cl)n1. The molecule has 2 heterocycles. The molecule has 1 aromatic heterocycles. The Bertz CT molecular complexity index is 1420. The van der Waals surface area contributed by atoms with Crippen LogP contribution in [-0.4, -0.2) is 42.4 Å². The summed E-state index contributed by atoms with van der Waals surface area (Å²) >= 11 is 12.3. The van der Waals surface area contributed by atoms with Crippen LogP contribution in [0.4, 0.5) is 10.1 Å². The molecule has 0 saturated carbocycles. The van der Waals surface area contributed by atoms with E-state index < -0.39 is 21.8 Å². The second-order valence-corrected chi connectivity index (χ2v) is 10.6. The molecule has 1 aliphatic heterocycles. The van der Waals surface area contributed by atoms with E-state index in [1.807, 2.05) is 6.92 Å². The second-order valence-electron chi connectivity index (χ2n) is 7.96. The number of aliphatic carboxylic acids is 1. The van der Waals surface area contributed by atoms with Crippen LogP contribution in [0.5, 0.6) is 5.75 Å². The highest BCUT2D eigenvalue weighted by atomic mass is 35.5. The Balaban J connectivity index is 0.000000695. The fourth-order valence-electron chi connectivity index (χ4n) is 3.58. The number of halogens is 3. The van der Waals surface area contributed by atoms with Crippen molar-refractivity contribution in [1.82, 2.24) is 9.78 Å². The number of rotatable bonds is 6. The summed E-state index contributed by atoms with van der Waals surface area (Å²) in [6, 6.07) is 9.65. The van der Waals surface area contributed by atoms with E-state index in [2.05, 4.69) is 5.10 Å². The number of hydrogen-bond acceptors (Lipinski definition) is 5. The van der Waals surface area contributed by atoms with Gasteiger partial charge < -0.3 is 9.84 Å². The molecule has 0 radical (unpaired) electrons. The number of fused-ring (bicyclic) bond motifs is 1. The Hall–Kier alpha value is -3.08. The summed E-state index contributed by atoms with van der Waals surface area (Å²) in [4.78, 5) is 9.30. The summed E-state index contributed by atoms with van der Waals surface area (Å²) in [6.45, 7) is 5.99. The molecule has 12 heteroatoms. The van der Waals surface area contributed by atoms with Gasteiger partial charge in [0.1, 0.15) is 23.1 Å². The van der Waals surface area contributed by atoms with Gasteiger partial charge in [0.25, 0.3) is 10.0 Å². The molecule has 4 rings (SSSR count). The lowest BCUT2D eigenvalue weighted by Crippen LogP contribution is -2.38. The highest BCUT2D eigenvalue weighted by Gasteiger charge is 2.33. The van der Waals surface area contributed by atoms with Crippen LogP contribution < -0.4 is 9.04 Å². The molecule has 0 amide bonds. The first-order valence-electron chi connectivity index (χ1n) is 11.4. The van der Waals surface area contributed by atoms with Crippen LogP contribution >= 0.6 is 23.2 Å². The third-order valence-corrected chi connectivity index (χ3v) is 7.94. The number of nitrogens with zero attached hydrogens (tertiary/aromatic N) is 3. The smallest absolute Gasteiger partial charge is 0.303 e. The third-order valence-electron chi connectivity index (χ3n) is 5.42. The van der Waals surface area contributed by atoms with E-state index in [1.54, 1.807) is 50.3 Å². The number of sulfonamides is 1. The van der Waals surface area contributed by atoms with Gasteiger partial charge in [0.15, 0.2) is 5.15 Å². The van der Waals surface area contributed by atoms with Crippen molar-refractivity contribution >= 4 is 56.5 Å². The molecule has 1 N–H and O–H groups in total. The number of ether oxygens (including phenoxy) is 1. The minimum Gasteiger partial charge on any atom is -0.489 e. The maximum absolute atomic E-state index is 14.3. The zero-order chi connectivity index (χ0) is 27.3. The number of allylic oxidation sites excluding steroid dienone is 1. The molecule has 0 saturated heterocycles. The Morgan fingerprint density at radius 2 is 1.95 bits per heavy atom. The van der Waals surface area contributed by atoms with Gasteiger partial charge in [-0.15, -0.1) is 0 Å². The zero-order valence-electron chi connectivity index (χ0n) is 20.4. The van der Waals surface area contributed by atoms with Crippen LogP contribution in [0.3, 0.4) is 0 Å². The first kappa shape index (κ1) is 28.5. The molecule has 0 atom stereocenters. The van der Waals surface area contributed by atoms with Crippen LogP contribution in [-0.2, 0) is 21.4 Å². The maximum atomic E-state index is 14.3. The third kappa shape index (κ3) is 6.44. The lowest BCUT2D eigenvalue weighted by atomic mass is 10.0. The van der Waals surface area contributed by atoms with Gasteiger partial charge in [-0.1, -0.05) is 48.3 Å². The summed E-state index contributed by atoms with van der Waals surface area (Å²) in [5.41, 5.74) is 1.94. The van der Waals surface area contributed by atoms with Crippen LogP contribution in [0.2, 0.25) is 10.2 Å². The van der Waals surface area contributed by atoms with E-state index in [1.165, 1.54) is 21.3 Å². The highest BCUT2D eigenvalue weighted by molar-refractivity contribution is 7.93. The topological polar surface area (TPSA) is 102 Å². The van der Waals surface area contributed by atoms with Gasteiger partial charge in [0, 0.05) is 24.7 Å². The maximum Gasteiger partial charge on any atom is 0.303 e. The zero-order valence-corrected chi connectivity index (χ0v) is 22.7. The monoisotopic (exact) mass is 569 g/mol. The van der Waals surface area contributed by atoms with Gasteiger partial charge in [-0.25, -0.2) is 12.8 Å². The summed E-state index contributed by atoms with van der Waals surface area (Å²) in [6.07, 6.45) is 3.38. The molecule has 1 aliphatic rings. The van der Waals surface area contributed by atoms with Gasteiger partial charge in [-0.3, -0.25) is 13.8 Å². The molecule has 8 nitrogen and oxygen atoms in total. The van der Waals surface area contributed by atoms with Crippen LogP contribution in [0.15, 0.2) is 47.5 Å². The van der Waals surface area contributed by atoms with Crippen LogP contribution in [0, 0.1) is 5.82 Å². The first-order valence-corrected chi connectivity index (χ1v) is 13.6. The number of carboxylic acid groups (broad SMARTS) is 1. The van der Waals surface area contributed by atoms with Crippen molar-refractivity contribution in [2.45, 2.75) is 38.6 Å². The van der Waals surface area contributed by atoms with Gasteiger partial charge >= 0.3 is 5.97 Å². The molecule has 0 aliphatic carbocycles. The van der Waals surface area contributed by atoms with Gasteiger partial charge in [-0.05, 0) is 49.2 Å². The number of anilines is 1. The molecule has 2 aromatic carbocycles. The minimum absolute atomic E-state index is 0.0656. The number of carbonyl (C=O) groups is 1. The molecule has 198 valence electrons. The second kappa shape index (κ2) is 12.0. The van der Waals surface area contributed by atoms with E-state index >= 15 is 0 Å². The van der Waals surface area contributed by atoms with Crippen LogP contribution in [0.25, 0.3) is 11.6 Å². The summed E-state index contributed by atoms with van der Waals surface area (Å²) < 4.78 is 49.5. The summed E-state index contributed by atoms with van der Waals surface area (Å²) in [5.74, 6) is -0.748. The first-order chi connectivity index (χ1) is 17.5. The van der Waals surface area contributed by atoms with Crippen molar-refractivity contribution < 1.29 is 27.4 Å². The predicted octanol–water partition coefficient (Wildman–Crippen LogP) is 5.98. The Kier molecular flexibility index (Phi) is 9.22. The summed E-state index contributed by atoms with van der Waals surface area (Å²) in [7, 11) is -3.97. The van der Waals surface area contributed by atoms with Crippen molar-refractivity contribution in [3.63, 3.8) is 0 Å². The van der Waals surface area contributed by atoms with E-state index in [0.29, 0.717) is 39.7 Å². The van der Waals surface area contributed by atoms with Gasteiger partial charge in [0.05, 0.1) is 17.3 Å². The fraction of sp³-hybridized carbons (Fsp3) is 0.280. The van der Waals surface area contributed by atoms with Gasteiger partial charge in [-0.2, -0.15) is 5.10 Å². The Morgan fingerprint density at radius 3 is 2.54 bits per heavy atom. The average molecular weight is 570 g/mol. The average Bonchev–Trinajstić information content (AvgIpc) is 3.25. The molecular formula is C25H26Cl2FN3O5S. The highest BCUT2D eigenvalue weighted by Crippen LogP contribution is 2.38. The van der Waals surface area contributed by atoms with Crippen molar-refractivity contribution in [3.8, 4) is 5.75 Å². The number of benzene rings is 2. The van der Waals surface area contributed by atoms with Gasteiger partial charge in [0.2, 0.25) is 0 Å². The lowest BCUT2D eigenvalue weighted by Gasteiger charge is -2.30. The molecule has 0 unspecified atom stereocenters. The summed E-state index contributed by atoms with van der Waals surface area (Å²) in [5, 5.41) is 12.0. The van der Waals surface area contributed by atoms with Crippen molar-refractivity contribution in [1.29, 1.82) is 0 Å². The molecular weight excluding hydrogens is 544 g/mol. The predicted molar refractivity (Wildman–Crippen MR) is 142 cm³/mol. The minimum atomic E-state index is -3.97. The lowest BCUT2D eigenvalue weighted by molar-refractivity contribution is -0.136. The number of aromatic nitrogens is 2. The van der Waals surface area contributed by atoms with E-state index in [0.717, 1.165) is 0 Å².